The van der Waals surface area contributed by atoms with Crippen molar-refractivity contribution >= 4 is 95.1 Å². The van der Waals surface area contributed by atoms with E-state index in [1.54, 1.807) is 34.9 Å². The van der Waals surface area contributed by atoms with Crippen molar-refractivity contribution in [2.24, 2.45) is 0 Å². The minimum atomic E-state index is 0.533. The molecule has 15 heteroatoms. The molecule has 84 heavy (non-hydrogen) atoms. The van der Waals surface area contributed by atoms with Gasteiger partial charge >= 0.3 is 0 Å². The first-order chi connectivity index (χ1) is 41.6. The second kappa shape index (κ2) is 36.0. The van der Waals surface area contributed by atoms with Gasteiger partial charge < -0.3 is 21.3 Å². The van der Waals surface area contributed by atoms with Crippen molar-refractivity contribution in [3.05, 3.63) is 288 Å². The highest BCUT2D eigenvalue weighted by molar-refractivity contribution is 8.03. The predicted octanol–water partition coefficient (Wildman–Crippen LogP) is 16.4. The van der Waals surface area contributed by atoms with Crippen molar-refractivity contribution < 1.29 is 0 Å². The van der Waals surface area contributed by atoms with Crippen molar-refractivity contribution in [1.29, 1.82) is 0 Å². The number of rotatable bonds is 25. The minimum absolute atomic E-state index is 0.533. The summed E-state index contributed by atoms with van der Waals surface area (Å²) < 4.78 is 2.04. The molecule has 12 nitrogen and oxygen atoms in total. The van der Waals surface area contributed by atoms with Crippen LogP contribution < -0.4 is 21.3 Å². The SMILES string of the molecule is C(=C\c1ccccc1)/CNc1nc(NC/C=C/c2ccccc2)nc(-c2ccccc2)n1.C(=C\c1ccccc1)/CSc1nnc(SC/C=C/c2ccccc2)s1.Cc1nc(NC/C=C/c2ccccc2)nc(NC/C=C/c2ccccc2)n1. The number of hydrogen-bond acceptors (Lipinski definition) is 15. The molecule has 420 valence electrons. The van der Waals surface area contributed by atoms with Crippen molar-refractivity contribution in [1.82, 2.24) is 40.1 Å². The Labute approximate surface area is 506 Å². The normalized spacial score (nSPS) is 11.2. The van der Waals surface area contributed by atoms with Crippen LogP contribution >= 0.6 is 34.9 Å². The first-order valence-corrected chi connectivity index (χ1v) is 30.2. The lowest BCUT2D eigenvalue weighted by Crippen LogP contribution is -2.10. The smallest absolute Gasteiger partial charge is 0.228 e. The van der Waals surface area contributed by atoms with Crippen LogP contribution in [0, 0.1) is 6.92 Å². The van der Waals surface area contributed by atoms with Crippen LogP contribution in [0.4, 0.5) is 23.8 Å². The molecule has 0 fully saturated rings. The van der Waals surface area contributed by atoms with Gasteiger partial charge in [-0.2, -0.15) is 29.9 Å². The summed E-state index contributed by atoms with van der Waals surface area (Å²) in [5.41, 5.74) is 8.03. The molecule has 3 aromatic heterocycles. The first kappa shape index (κ1) is 60.6. The molecule has 0 saturated heterocycles. The summed E-state index contributed by atoms with van der Waals surface area (Å²) >= 11 is 5.11. The van der Waals surface area contributed by atoms with Gasteiger partial charge in [-0.05, 0) is 40.3 Å². The van der Waals surface area contributed by atoms with E-state index in [1.165, 1.54) is 22.3 Å². The fraction of sp³-hybridized carbons (Fsp3) is 0.101. The van der Waals surface area contributed by atoms with Gasteiger partial charge in [0.25, 0.3) is 0 Å². The van der Waals surface area contributed by atoms with E-state index < -0.39 is 0 Å². The number of aromatic nitrogens is 8. The van der Waals surface area contributed by atoms with Crippen molar-refractivity contribution in [2.75, 3.05) is 59.0 Å². The van der Waals surface area contributed by atoms with E-state index in [0.717, 1.165) is 36.9 Å². The summed E-state index contributed by atoms with van der Waals surface area (Å²) in [6.45, 7) is 4.37. The highest BCUT2D eigenvalue weighted by Gasteiger charge is 2.09. The molecule has 10 rings (SSSR count). The third-order valence-corrected chi connectivity index (χ3v) is 14.7. The summed E-state index contributed by atoms with van der Waals surface area (Å²) in [6.07, 6.45) is 25.1. The number of nitrogens with one attached hydrogen (secondary N) is 4. The van der Waals surface area contributed by atoms with Gasteiger partial charge in [0.05, 0.1) is 0 Å². The predicted molar refractivity (Wildman–Crippen MR) is 358 cm³/mol. The van der Waals surface area contributed by atoms with Crippen molar-refractivity contribution in [3.8, 4) is 11.4 Å². The second-order valence-corrected chi connectivity index (χ2v) is 21.6. The van der Waals surface area contributed by atoms with Crippen LogP contribution in [0.3, 0.4) is 0 Å². The standard InChI is InChI=1S/C27H25N5.C22H23N5.C20H18N2S3/c1-4-12-22(13-5-1)16-10-20-28-26-30-25(24-18-8-3-9-19-24)31-27(32-26)29-21-11-17-23-14-6-2-7-15-23;1-18-25-21(23-16-8-14-19-10-4-2-5-11-19)27-22(26-18)24-17-9-15-20-12-6-3-7-13-20;1-3-9-17(10-4-1)13-7-15-23-19-21-22-20(25-19)24-16-8-14-18-11-5-2-6-12-18/h1-19H,20-21H2,(H2,28,29,30,31,32);2-15H,16-17H2,1H3,(H2,23,24,25,26,27);1-14H,15-16H2/b16-10+,17-11+;14-8+,15-9+;13-7+,14-8+. The Balaban J connectivity index is 0.000000166. The quantitative estimate of drug-likeness (QED) is 0.0402. The highest BCUT2D eigenvalue weighted by Crippen LogP contribution is 2.29. The van der Waals surface area contributed by atoms with Crippen molar-refractivity contribution in [2.45, 2.75) is 15.6 Å². The van der Waals surface area contributed by atoms with Gasteiger partial charge in [-0.15, -0.1) is 10.2 Å². The van der Waals surface area contributed by atoms with Gasteiger partial charge in [-0.3, -0.25) is 0 Å². The summed E-state index contributed by atoms with van der Waals surface area (Å²) in [4.78, 5) is 26.8. The summed E-state index contributed by atoms with van der Waals surface area (Å²) in [6, 6.07) is 71.3. The number of hydrogen-bond donors (Lipinski definition) is 4. The molecule has 0 saturated carbocycles. The molecule has 0 radical (unpaired) electrons. The molecule has 0 aliphatic carbocycles. The molecule has 3 heterocycles. The summed E-state index contributed by atoms with van der Waals surface area (Å²) in [7, 11) is 0. The maximum atomic E-state index is 4.60. The molecule has 0 bridgehead atoms. The van der Waals surface area contributed by atoms with Crippen LogP contribution in [0.1, 0.15) is 39.2 Å². The van der Waals surface area contributed by atoms with Gasteiger partial charge in [-0.25, -0.2) is 0 Å². The fourth-order valence-electron chi connectivity index (χ4n) is 7.58. The maximum absolute atomic E-state index is 4.60. The van der Waals surface area contributed by atoms with E-state index in [4.69, 9.17) is 0 Å². The zero-order valence-electron chi connectivity index (χ0n) is 46.7. The third kappa shape index (κ3) is 23.5. The Morgan fingerprint density at radius 1 is 0.321 bits per heavy atom. The number of nitrogens with zero attached hydrogens (tertiary/aromatic N) is 8. The van der Waals surface area contributed by atoms with E-state index in [2.05, 4.69) is 195 Å². The monoisotopic (exact) mass is 1160 g/mol. The van der Waals surface area contributed by atoms with E-state index in [9.17, 15) is 0 Å². The van der Waals surface area contributed by atoms with Crippen LogP contribution in [0.25, 0.3) is 47.8 Å². The molecule has 0 atom stereocenters. The zero-order valence-corrected chi connectivity index (χ0v) is 49.1. The van der Waals surface area contributed by atoms with Crippen LogP contribution in [-0.2, 0) is 0 Å². The third-order valence-electron chi connectivity index (χ3n) is 11.6. The summed E-state index contributed by atoms with van der Waals surface area (Å²) in [5.74, 6) is 5.31. The highest BCUT2D eigenvalue weighted by atomic mass is 32.2. The molecular weight excluding hydrogens is 1090 g/mol. The van der Waals surface area contributed by atoms with Crippen LogP contribution in [-0.4, -0.2) is 77.8 Å². The lowest BCUT2D eigenvalue weighted by molar-refractivity contribution is 0.956. The van der Waals surface area contributed by atoms with Gasteiger partial charge in [0.2, 0.25) is 23.8 Å². The summed E-state index contributed by atoms with van der Waals surface area (Å²) in [5, 5.41) is 21.5. The Hall–Kier alpha value is -9.54. The van der Waals surface area contributed by atoms with E-state index in [0.29, 0.717) is 61.6 Å². The molecule has 10 aromatic rings. The lowest BCUT2D eigenvalue weighted by Gasteiger charge is -2.09. The molecular formula is C69H66N12S3. The van der Waals surface area contributed by atoms with Crippen LogP contribution in [0.15, 0.2) is 257 Å². The Bertz CT molecular complexity index is 3410. The van der Waals surface area contributed by atoms with Gasteiger partial charge in [0, 0.05) is 43.2 Å². The first-order valence-electron chi connectivity index (χ1n) is 27.4. The Morgan fingerprint density at radius 2 is 0.583 bits per heavy atom. The van der Waals surface area contributed by atoms with Crippen molar-refractivity contribution in [3.63, 3.8) is 0 Å². The van der Waals surface area contributed by atoms with E-state index >= 15 is 0 Å². The molecule has 4 N–H and O–H groups in total. The maximum Gasteiger partial charge on any atom is 0.228 e. The van der Waals surface area contributed by atoms with Crippen LogP contribution in [0.2, 0.25) is 0 Å². The Kier molecular flexibility index (Phi) is 26.0. The fourth-order valence-corrected chi connectivity index (χ4v) is 10.3. The lowest BCUT2D eigenvalue weighted by atomic mass is 10.2. The molecule has 0 unspecified atom stereocenters. The van der Waals surface area contributed by atoms with E-state index in [-0.39, 0.29) is 0 Å². The molecule has 0 aliphatic rings. The average molecular weight is 1160 g/mol. The Morgan fingerprint density at radius 3 is 0.881 bits per heavy atom. The van der Waals surface area contributed by atoms with Gasteiger partial charge in [-0.1, -0.05) is 320 Å². The molecule has 0 spiro atoms. The largest absolute Gasteiger partial charge is 0.351 e. The van der Waals surface area contributed by atoms with E-state index in [1.807, 2.05) is 159 Å². The second-order valence-electron chi connectivity index (χ2n) is 18.1. The number of aryl methyl sites for hydroxylation is 1. The van der Waals surface area contributed by atoms with Crippen LogP contribution in [0.5, 0.6) is 0 Å². The minimum Gasteiger partial charge on any atom is -0.351 e. The molecule has 0 amide bonds. The molecule has 0 aliphatic heterocycles. The van der Waals surface area contributed by atoms with Gasteiger partial charge in [0.1, 0.15) is 5.82 Å². The topological polar surface area (TPSA) is 151 Å². The van der Waals surface area contributed by atoms with Gasteiger partial charge in [0.15, 0.2) is 14.5 Å². The number of thioether (sulfide) groups is 2. The number of anilines is 4. The number of benzene rings is 7. The average Bonchev–Trinajstić information content (AvgIpc) is 4.17. The molecule has 7 aromatic carbocycles. The zero-order chi connectivity index (χ0) is 57.7.